The molecule has 318 valence electrons. The minimum absolute atomic E-state index is 0.522. The molecule has 0 fully saturated rings. The van der Waals surface area contributed by atoms with Crippen molar-refractivity contribution in [2.45, 2.75) is 0 Å². The Hall–Kier alpha value is -9.51. The summed E-state index contributed by atoms with van der Waals surface area (Å²) < 4.78 is 0. The Morgan fingerprint density at radius 3 is 0.971 bits per heavy atom. The van der Waals surface area contributed by atoms with Gasteiger partial charge >= 0.3 is 0 Å². The first-order chi connectivity index (χ1) is 33.6. The molecule has 0 saturated heterocycles. The monoisotopic (exact) mass is 869 g/mol. The van der Waals surface area contributed by atoms with E-state index in [0.717, 1.165) is 77.9 Å². The Bertz CT molecular complexity index is 3480. The standard InChI is InChI=1S/C61H39N7/c62-40-55-51(31-18-32-53(55)52-29-16-17-30-54(52)61-67-58(46-25-12-4-13-26-46)64-59(68-61)47-27-14-5-15-28-47)43-35-33-42(34-36-43)49-37-48(41-19-6-1-7-20-41)38-50(39-49)60-65-56(44-21-8-2-9-22-44)63-57(66-60)45-23-10-3-11-24-45/h1-39H. The molecule has 0 saturated carbocycles. The predicted octanol–water partition coefficient (Wildman–Crippen LogP) is 14.6. The summed E-state index contributed by atoms with van der Waals surface area (Å²) in [5.41, 5.74) is 13.3. The molecule has 2 heterocycles. The fraction of sp³-hybridized carbons (Fsp3) is 0. The predicted molar refractivity (Wildman–Crippen MR) is 272 cm³/mol. The van der Waals surface area contributed by atoms with Crippen LogP contribution in [0.25, 0.3) is 113 Å². The molecular weight excluding hydrogens is 831 g/mol. The van der Waals surface area contributed by atoms with Crippen LogP contribution in [0, 0.1) is 11.3 Å². The number of hydrogen-bond donors (Lipinski definition) is 0. The molecule has 0 unspecified atom stereocenters. The summed E-state index contributed by atoms with van der Waals surface area (Å²) in [6.45, 7) is 0. The molecule has 7 nitrogen and oxygen atoms in total. The smallest absolute Gasteiger partial charge is 0.164 e. The Morgan fingerprint density at radius 2 is 0.529 bits per heavy atom. The van der Waals surface area contributed by atoms with Crippen molar-refractivity contribution in [1.29, 1.82) is 5.26 Å². The maximum absolute atomic E-state index is 11.0. The summed E-state index contributed by atoms with van der Waals surface area (Å²) in [5, 5.41) is 11.0. The van der Waals surface area contributed by atoms with Gasteiger partial charge in [0.15, 0.2) is 34.9 Å². The van der Waals surface area contributed by atoms with Crippen molar-refractivity contribution in [3.63, 3.8) is 0 Å². The van der Waals surface area contributed by atoms with Crippen LogP contribution in [0.1, 0.15) is 5.56 Å². The topological polar surface area (TPSA) is 101 Å². The molecule has 0 aliphatic rings. The molecule has 0 spiro atoms. The number of rotatable bonds is 10. The second kappa shape index (κ2) is 18.5. The van der Waals surface area contributed by atoms with Gasteiger partial charge in [-0.1, -0.05) is 218 Å². The van der Waals surface area contributed by atoms with Gasteiger partial charge in [-0.3, -0.25) is 0 Å². The summed E-state index contributed by atoms with van der Waals surface area (Å²) in [4.78, 5) is 30.0. The van der Waals surface area contributed by atoms with Crippen LogP contribution < -0.4 is 0 Å². The summed E-state index contributed by atoms with van der Waals surface area (Å²) >= 11 is 0. The van der Waals surface area contributed by atoms with Gasteiger partial charge in [-0.05, 0) is 51.6 Å². The van der Waals surface area contributed by atoms with E-state index in [2.05, 4.69) is 60.7 Å². The molecule has 0 aliphatic carbocycles. The molecule has 68 heavy (non-hydrogen) atoms. The van der Waals surface area contributed by atoms with E-state index in [9.17, 15) is 5.26 Å². The van der Waals surface area contributed by atoms with Crippen molar-refractivity contribution in [3.8, 4) is 119 Å². The Balaban J connectivity index is 0.994. The first-order valence-electron chi connectivity index (χ1n) is 22.3. The lowest BCUT2D eigenvalue weighted by molar-refractivity contribution is 1.07. The number of aromatic nitrogens is 6. The van der Waals surface area contributed by atoms with Crippen molar-refractivity contribution in [2.75, 3.05) is 0 Å². The zero-order chi connectivity index (χ0) is 45.7. The molecule has 11 rings (SSSR count). The van der Waals surface area contributed by atoms with E-state index in [0.29, 0.717) is 40.5 Å². The molecule has 0 N–H and O–H groups in total. The van der Waals surface area contributed by atoms with E-state index >= 15 is 0 Å². The van der Waals surface area contributed by atoms with Gasteiger partial charge in [-0.2, -0.15) is 5.26 Å². The highest BCUT2D eigenvalue weighted by Crippen LogP contribution is 2.39. The lowest BCUT2D eigenvalue weighted by atomic mass is 9.89. The average molecular weight is 870 g/mol. The van der Waals surface area contributed by atoms with Crippen molar-refractivity contribution >= 4 is 0 Å². The van der Waals surface area contributed by atoms with Crippen LogP contribution in [0.15, 0.2) is 237 Å². The highest BCUT2D eigenvalue weighted by molar-refractivity contribution is 5.90. The lowest BCUT2D eigenvalue weighted by Crippen LogP contribution is -2.01. The largest absolute Gasteiger partial charge is 0.208 e. The molecule has 2 aromatic heterocycles. The van der Waals surface area contributed by atoms with Crippen molar-refractivity contribution < 1.29 is 0 Å². The fourth-order valence-corrected chi connectivity index (χ4v) is 8.48. The maximum Gasteiger partial charge on any atom is 0.164 e. The first-order valence-corrected chi connectivity index (χ1v) is 22.3. The molecule has 9 aromatic carbocycles. The summed E-state index contributed by atoms with van der Waals surface area (Å²) in [5.74, 6) is 3.45. The second-order valence-corrected chi connectivity index (χ2v) is 16.2. The van der Waals surface area contributed by atoms with Gasteiger partial charge in [0.05, 0.1) is 5.56 Å². The van der Waals surface area contributed by atoms with Gasteiger partial charge in [0, 0.05) is 44.5 Å². The van der Waals surface area contributed by atoms with E-state index in [4.69, 9.17) is 29.9 Å². The van der Waals surface area contributed by atoms with Crippen LogP contribution in [-0.4, -0.2) is 29.9 Å². The zero-order valence-corrected chi connectivity index (χ0v) is 36.6. The second-order valence-electron chi connectivity index (χ2n) is 16.2. The normalized spacial score (nSPS) is 10.9. The van der Waals surface area contributed by atoms with Crippen LogP contribution in [-0.2, 0) is 0 Å². The number of hydrogen-bond acceptors (Lipinski definition) is 7. The lowest BCUT2D eigenvalue weighted by Gasteiger charge is -2.15. The molecular formula is C61H39N7. The minimum Gasteiger partial charge on any atom is -0.208 e. The minimum atomic E-state index is 0.522. The quantitative estimate of drug-likeness (QED) is 0.135. The van der Waals surface area contributed by atoms with E-state index in [1.807, 2.05) is 182 Å². The Labute approximate surface area is 394 Å². The van der Waals surface area contributed by atoms with Gasteiger partial charge in [-0.25, -0.2) is 29.9 Å². The van der Waals surface area contributed by atoms with Gasteiger partial charge < -0.3 is 0 Å². The van der Waals surface area contributed by atoms with Crippen molar-refractivity contribution in [2.24, 2.45) is 0 Å². The molecule has 0 aliphatic heterocycles. The van der Waals surface area contributed by atoms with Crippen LogP contribution in [0.4, 0.5) is 0 Å². The van der Waals surface area contributed by atoms with Gasteiger partial charge in [-0.15, -0.1) is 0 Å². The fourth-order valence-electron chi connectivity index (χ4n) is 8.48. The summed E-state index contributed by atoms with van der Waals surface area (Å²) in [6, 6.07) is 81.7. The van der Waals surface area contributed by atoms with Crippen LogP contribution >= 0.6 is 0 Å². The van der Waals surface area contributed by atoms with E-state index in [1.54, 1.807) is 0 Å². The number of nitriles is 1. The third kappa shape index (κ3) is 8.45. The Morgan fingerprint density at radius 1 is 0.221 bits per heavy atom. The highest BCUT2D eigenvalue weighted by atomic mass is 15.0. The van der Waals surface area contributed by atoms with Gasteiger partial charge in [0.1, 0.15) is 6.07 Å². The molecule has 0 bridgehead atoms. The van der Waals surface area contributed by atoms with E-state index in [1.165, 1.54) is 0 Å². The van der Waals surface area contributed by atoms with Gasteiger partial charge in [0.2, 0.25) is 0 Å². The van der Waals surface area contributed by atoms with E-state index < -0.39 is 0 Å². The number of nitrogens with zero attached hydrogens (tertiary/aromatic N) is 7. The number of benzene rings is 9. The molecule has 7 heteroatoms. The molecule has 0 radical (unpaired) electrons. The van der Waals surface area contributed by atoms with Gasteiger partial charge in [0.25, 0.3) is 0 Å². The van der Waals surface area contributed by atoms with Crippen molar-refractivity contribution in [3.05, 3.63) is 242 Å². The van der Waals surface area contributed by atoms with Crippen molar-refractivity contribution in [1.82, 2.24) is 29.9 Å². The molecule has 0 atom stereocenters. The first kappa shape index (κ1) is 41.2. The van der Waals surface area contributed by atoms with Crippen LogP contribution in [0.5, 0.6) is 0 Å². The SMILES string of the molecule is N#Cc1c(-c2ccc(-c3cc(-c4ccccc4)cc(-c4nc(-c5ccccc5)nc(-c5ccccc5)n4)c3)cc2)cccc1-c1ccccc1-c1nc(-c2ccccc2)nc(-c2ccccc2)n1. The molecule has 11 aromatic rings. The zero-order valence-electron chi connectivity index (χ0n) is 36.6. The highest BCUT2D eigenvalue weighted by Gasteiger charge is 2.20. The van der Waals surface area contributed by atoms with Crippen LogP contribution in [0.3, 0.4) is 0 Å². The summed E-state index contributed by atoms with van der Waals surface area (Å²) in [6.07, 6.45) is 0. The molecule has 0 amide bonds. The third-order valence-electron chi connectivity index (χ3n) is 11.9. The summed E-state index contributed by atoms with van der Waals surface area (Å²) in [7, 11) is 0. The van der Waals surface area contributed by atoms with Crippen LogP contribution in [0.2, 0.25) is 0 Å². The average Bonchev–Trinajstić information content (AvgIpc) is 3.43. The third-order valence-corrected chi connectivity index (χ3v) is 11.9. The Kier molecular flexibility index (Phi) is 11.2. The maximum atomic E-state index is 11.0. The van der Waals surface area contributed by atoms with E-state index in [-0.39, 0.29) is 0 Å².